The molecule has 0 aromatic carbocycles. The lowest BCUT2D eigenvalue weighted by molar-refractivity contribution is -0.133. The van der Waals surface area contributed by atoms with E-state index in [4.69, 9.17) is 4.74 Å². The van der Waals surface area contributed by atoms with E-state index in [0.717, 1.165) is 4.88 Å². The molecule has 1 aromatic heterocycles. The molecular formula is C13H21NO2S. The highest BCUT2D eigenvalue weighted by Crippen LogP contribution is 2.18. The van der Waals surface area contributed by atoms with Gasteiger partial charge >= 0.3 is 0 Å². The lowest BCUT2D eigenvalue weighted by Gasteiger charge is -2.18. The molecular weight excluding hydrogens is 234 g/mol. The molecule has 0 fully saturated rings. The third-order valence-corrected chi connectivity index (χ3v) is 3.43. The van der Waals surface area contributed by atoms with E-state index in [1.165, 1.54) is 0 Å². The van der Waals surface area contributed by atoms with Gasteiger partial charge in [-0.15, -0.1) is 11.3 Å². The summed E-state index contributed by atoms with van der Waals surface area (Å²) in [7, 11) is 0. The summed E-state index contributed by atoms with van der Waals surface area (Å²) in [4.78, 5) is 13.0. The average molecular weight is 255 g/mol. The van der Waals surface area contributed by atoms with Gasteiger partial charge in [0.25, 0.3) is 0 Å². The summed E-state index contributed by atoms with van der Waals surface area (Å²) < 4.78 is 5.47. The summed E-state index contributed by atoms with van der Waals surface area (Å²) in [5.74, 6) is 0.395. The van der Waals surface area contributed by atoms with Crippen LogP contribution >= 0.6 is 11.3 Å². The maximum Gasteiger partial charge on any atom is 0.249 e. The molecule has 96 valence electrons. The SMILES string of the molecule is CC(C)CO[C@H](C)C(=O)N[C@@H](C)c1cccs1. The Labute approximate surface area is 107 Å². The van der Waals surface area contributed by atoms with E-state index in [2.05, 4.69) is 19.2 Å². The van der Waals surface area contributed by atoms with Crippen LogP contribution in [-0.2, 0) is 9.53 Å². The molecule has 1 N–H and O–H groups in total. The molecule has 3 nitrogen and oxygen atoms in total. The topological polar surface area (TPSA) is 38.3 Å². The first-order valence-corrected chi connectivity index (χ1v) is 6.84. The fourth-order valence-corrected chi connectivity index (χ4v) is 2.09. The van der Waals surface area contributed by atoms with Crippen molar-refractivity contribution in [1.29, 1.82) is 0 Å². The van der Waals surface area contributed by atoms with E-state index in [0.29, 0.717) is 12.5 Å². The highest BCUT2D eigenvalue weighted by atomic mass is 32.1. The van der Waals surface area contributed by atoms with Crippen molar-refractivity contribution in [2.45, 2.75) is 39.8 Å². The molecule has 0 spiro atoms. The first-order valence-electron chi connectivity index (χ1n) is 5.96. The van der Waals surface area contributed by atoms with Gasteiger partial charge in [0.15, 0.2) is 0 Å². The standard InChI is InChI=1S/C13H21NO2S/c1-9(2)8-16-11(4)13(15)14-10(3)12-6-5-7-17-12/h5-7,9-11H,8H2,1-4H3,(H,14,15)/t10-,11+/m0/s1. The van der Waals surface area contributed by atoms with Crippen molar-refractivity contribution < 1.29 is 9.53 Å². The normalized spacial score (nSPS) is 14.6. The van der Waals surface area contributed by atoms with Crippen LogP contribution in [0.1, 0.15) is 38.6 Å². The van der Waals surface area contributed by atoms with Gasteiger partial charge < -0.3 is 10.1 Å². The van der Waals surface area contributed by atoms with E-state index >= 15 is 0 Å². The predicted molar refractivity (Wildman–Crippen MR) is 71.1 cm³/mol. The third kappa shape index (κ3) is 4.88. The van der Waals surface area contributed by atoms with Crippen LogP contribution in [-0.4, -0.2) is 18.6 Å². The Morgan fingerprint density at radius 2 is 2.12 bits per heavy atom. The Morgan fingerprint density at radius 1 is 1.41 bits per heavy atom. The molecule has 0 unspecified atom stereocenters. The zero-order chi connectivity index (χ0) is 12.8. The lowest BCUT2D eigenvalue weighted by Crippen LogP contribution is -2.36. The van der Waals surface area contributed by atoms with Crippen molar-refractivity contribution in [3.8, 4) is 0 Å². The molecule has 1 amide bonds. The maximum atomic E-state index is 11.8. The van der Waals surface area contributed by atoms with Gasteiger partial charge in [0, 0.05) is 11.5 Å². The number of amides is 1. The van der Waals surface area contributed by atoms with Crippen molar-refractivity contribution in [2.75, 3.05) is 6.61 Å². The first kappa shape index (κ1) is 14.2. The number of rotatable bonds is 6. The Bertz CT molecular complexity index is 335. The number of carbonyl (C=O) groups is 1. The van der Waals surface area contributed by atoms with Gasteiger partial charge in [-0.2, -0.15) is 0 Å². The fraction of sp³-hybridized carbons (Fsp3) is 0.615. The monoisotopic (exact) mass is 255 g/mol. The van der Waals surface area contributed by atoms with Crippen molar-refractivity contribution in [2.24, 2.45) is 5.92 Å². The van der Waals surface area contributed by atoms with E-state index in [1.807, 2.05) is 24.4 Å². The average Bonchev–Trinajstić information content (AvgIpc) is 2.78. The van der Waals surface area contributed by atoms with Crippen LogP contribution in [0.25, 0.3) is 0 Å². The van der Waals surface area contributed by atoms with Crippen LogP contribution in [0.5, 0.6) is 0 Å². The molecule has 0 aliphatic heterocycles. The van der Waals surface area contributed by atoms with Gasteiger partial charge in [0.1, 0.15) is 6.10 Å². The number of ether oxygens (including phenoxy) is 1. The molecule has 0 saturated carbocycles. The second-order valence-corrected chi connectivity index (χ2v) is 5.59. The van der Waals surface area contributed by atoms with Gasteiger partial charge in [0.05, 0.1) is 6.04 Å². The number of carbonyl (C=O) groups excluding carboxylic acids is 1. The fourth-order valence-electron chi connectivity index (χ4n) is 1.35. The van der Waals surface area contributed by atoms with Gasteiger partial charge in [-0.3, -0.25) is 4.79 Å². The Kier molecular flexibility index (Phi) is 5.65. The molecule has 1 rings (SSSR count). The summed E-state index contributed by atoms with van der Waals surface area (Å²) in [6.45, 7) is 8.53. The molecule has 17 heavy (non-hydrogen) atoms. The lowest BCUT2D eigenvalue weighted by atomic mass is 10.2. The van der Waals surface area contributed by atoms with E-state index in [9.17, 15) is 4.79 Å². The number of nitrogens with one attached hydrogen (secondary N) is 1. The van der Waals surface area contributed by atoms with Crippen molar-refractivity contribution in [1.82, 2.24) is 5.32 Å². The maximum absolute atomic E-state index is 11.8. The largest absolute Gasteiger partial charge is 0.368 e. The second kappa shape index (κ2) is 6.77. The van der Waals surface area contributed by atoms with Gasteiger partial charge in [-0.1, -0.05) is 19.9 Å². The van der Waals surface area contributed by atoms with Gasteiger partial charge in [0.2, 0.25) is 5.91 Å². The van der Waals surface area contributed by atoms with Crippen molar-refractivity contribution >= 4 is 17.2 Å². The van der Waals surface area contributed by atoms with Crippen LogP contribution in [0.3, 0.4) is 0 Å². The zero-order valence-corrected chi connectivity index (χ0v) is 11.7. The van der Waals surface area contributed by atoms with E-state index in [-0.39, 0.29) is 18.1 Å². The van der Waals surface area contributed by atoms with Crippen molar-refractivity contribution in [3.63, 3.8) is 0 Å². The molecule has 0 radical (unpaired) electrons. The zero-order valence-electron chi connectivity index (χ0n) is 10.9. The van der Waals surface area contributed by atoms with Gasteiger partial charge in [-0.05, 0) is 31.2 Å². The summed E-state index contributed by atoms with van der Waals surface area (Å²) >= 11 is 1.65. The van der Waals surface area contributed by atoms with E-state index < -0.39 is 0 Å². The molecule has 1 heterocycles. The highest BCUT2D eigenvalue weighted by Gasteiger charge is 2.17. The number of thiophene rings is 1. The second-order valence-electron chi connectivity index (χ2n) is 4.62. The summed E-state index contributed by atoms with van der Waals surface area (Å²) in [5, 5.41) is 4.96. The van der Waals surface area contributed by atoms with Crippen LogP contribution < -0.4 is 5.32 Å². The molecule has 1 aromatic rings. The molecule has 0 aliphatic rings. The Balaban J connectivity index is 2.38. The van der Waals surface area contributed by atoms with Crippen LogP contribution in [0.2, 0.25) is 0 Å². The van der Waals surface area contributed by atoms with Crippen LogP contribution in [0, 0.1) is 5.92 Å². The smallest absolute Gasteiger partial charge is 0.249 e. The van der Waals surface area contributed by atoms with Crippen LogP contribution in [0.4, 0.5) is 0 Å². The summed E-state index contributed by atoms with van der Waals surface area (Å²) in [6, 6.07) is 4.06. The summed E-state index contributed by atoms with van der Waals surface area (Å²) in [5.41, 5.74) is 0. The van der Waals surface area contributed by atoms with Crippen LogP contribution in [0.15, 0.2) is 17.5 Å². The molecule has 2 atom stereocenters. The number of hydrogen-bond donors (Lipinski definition) is 1. The highest BCUT2D eigenvalue weighted by molar-refractivity contribution is 7.10. The number of hydrogen-bond acceptors (Lipinski definition) is 3. The third-order valence-electron chi connectivity index (χ3n) is 2.38. The molecule has 0 saturated heterocycles. The minimum atomic E-state index is -0.389. The predicted octanol–water partition coefficient (Wildman–Crippen LogP) is 2.99. The molecule has 4 heteroatoms. The van der Waals surface area contributed by atoms with E-state index in [1.54, 1.807) is 18.3 Å². The minimum Gasteiger partial charge on any atom is -0.368 e. The Morgan fingerprint density at radius 3 is 2.65 bits per heavy atom. The quantitative estimate of drug-likeness (QED) is 0.848. The molecule has 0 aliphatic carbocycles. The molecule has 0 bridgehead atoms. The van der Waals surface area contributed by atoms with Crippen molar-refractivity contribution in [3.05, 3.63) is 22.4 Å². The Hall–Kier alpha value is -0.870. The summed E-state index contributed by atoms with van der Waals surface area (Å²) in [6.07, 6.45) is -0.389. The van der Waals surface area contributed by atoms with Gasteiger partial charge in [-0.25, -0.2) is 0 Å². The minimum absolute atomic E-state index is 0.0487. The first-order chi connectivity index (χ1) is 8.00.